The van der Waals surface area contributed by atoms with Crippen LogP contribution in [0.15, 0.2) is 0 Å². The van der Waals surface area contributed by atoms with Gasteiger partial charge in [0.1, 0.15) is 0 Å². The van der Waals surface area contributed by atoms with Crippen molar-refractivity contribution in [2.24, 2.45) is 5.92 Å². The van der Waals surface area contributed by atoms with Crippen LogP contribution >= 0.6 is 24.8 Å². The van der Waals surface area contributed by atoms with Gasteiger partial charge in [-0.2, -0.15) is 0 Å². The summed E-state index contributed by atoms with van der Waals surface area (Å²) in [7, 11) is 0. The number of fused-ring (bicyclic) bond motifs is 2. The monoisotopic (exact) mass is 420 g/mol. The van der Waals surface area contributed by atoms with Crippen LogP contribution in [0, 0.1) is 5.92 Å². The zero-order chi connectivity index (χ0) is 17.4. The Morgan fingerprint density at radius 1 is 1.00 bits per heavy atom. The average Bonchev–Trinajstić information content (AvgIpc) is 3.37. The van der Waals surface area contributed by atoms with Crippen molar-refractivity contribution in [1.29, 1.82) is 0 Å². The molecule has 2 amide bonds. The van der Waals surface area contributed by atoms with Gasteiger partial charge in [0.2, 0.25) is 11.8 Å². The average molecular weight is 421 g/mol. The Hall–Kier alpha value is -0.560. The zero-order valence-electron chi connectivity index (χ0n) is 16.2. The number of hydrogen-bond donors (Lipinski definition) is 2. The third-order valence-electron chi connectivity index (χ3n) is 6.55. The zero-order valence-corrected chi connectivity index (χ0v) is 17.8. The SMILES string of the molecule is CC(C(=O)NC1CC1)N1CCN(C(=O)CC2CC3CCC(C2)N3)CC1.Cl.Cl. The lowest BCUT2D eigenvalue weighted by molar-refractivity contribution is -0.135. The molecule has 2 N–H and O–H groups in total. The molecule has 4 rings (SSSR count). The smallest absolute Gasteiger partial charge is 0.237 e. The Balaban J connectivity index is 0.00000131. The fourth-order valence-electron chi connectivity index (χ4n) is 4.79. The second-order valence-electron chi connectivity index (χ2n) is 8.56. The number of piperazine rings is 1. The van der Waals surface area contributed by atoms with Crippen LogP contribution in [0.5, 0.6) is 0 Å². The van der Waals surface area contributed by atoms with Crippen molar-refractivity contribution < 1.29 is 9.59 Å². The highest BCUT2D eigenvalue weighted by Crippen LogP contribution is 2.33. The van der Waals surface area contributed by atoms with Crippen molar-refractivity contribution in [3.05, 3.63) is 0 Å². The largest absolute Gasteiger partial charge is 0.352 e. The predicted octanol–water partition coefficient (Wildman–Crippen LogP) is 1.56. The summed E-state index contributed by atoms with van der Waals surface area (Å²) in [4.78, 5) is 29.1. The molecule has 0 spiro atoms. The summed E-state index contributed by atoms with van der Waals surface area (Å²) in [6.45, 7) is 5.13. The molecule has 8 heteroatoms. The molecule has 1 aliphatic carbocycles. The third-order valence-corrected chi connectivity index (χ3v) is 6.55. The fraction of sp³-hybridized carbons (Fsp3) is 0.895. The molecule has 156 valence electrons. The summed E-state index contributed by atoms with van der Waals surface area (Å²) < 4.78 is 0. The Morgan fingerprint density at radius 2 is 1.59 bits per heavy atom. The van der Waals surface area contributed by atoms with Gasteiger partial charge in [-0.25, -0.2) is 0 Å². The number of nitrogens with one attached hydrogen (secondary N) is 2. The van der Waals surface area contributed by atoms with Crippen LogP contribution in [0.4, 0.5) is 0 Å². The minimum absolute atomic E-state index is 0. The molecule has 6 nitrogen and oxygen atoms in total. The third kappa shape index (κ3) is 5.72. The number of nitrogens with zero attached hydrogens (tertiary/aromatic N) is 2. The Labute approximate surface area is 175 Å². The van der Waals surface area contributed by atoms with Crippen LogP contribution in [-0.2, 0) is 9.59 Å². The predicted molar refractivity (Wildman–Crippen MR) is 111 cm³/mol. The van der Waals surface area contributed by atoms with E-state index in [9.17, 15) is 9.59 Å². The summed E-state index contributed by atoms with van der Waals surface area (Å²) in [5.41, 5.74) is 0. The molecule has 2 bridgehead atoms. The molecule has 4 aliphatic rings. The van der Waals surface area contributed by atoms with Crippen molar-refractivity contribution in [2.45, 2.75) is 76.0 Å². The lowest BCUT2D eigenvalue weighted by Crippen LogP contribution is -2.55. The molecular formula is C19H34Cl2N4O2. The van der Waals surface area contributed by atoms with Crippen molar-refractivity contribution in [3.8, 4) is 0 Å². The van der Waals surface area contributed by atoms with Crippen LogP contribution in [0.1, 0.15) is 51.9 Å². The Kier molecular flexibility index (Phi) is 8.22. The minimum Gasteiger partial charge on any atom is -0.352 e. The number of halogens is 2. The van der Waals surface area contributed by atoms with Crippen LogP contribution in [-0.4, -0.2) is 72.0 Å². The van der Waals surface area contributed by atoms with Gasteiger partial charge in [-0.05, 0) is 51.4 Å². The lowest BCUT2D eigenvalue weighted by atomic mass is 9.89. The fourth-order valence-corrected chi connectivity index (χ4v) is 4.79. The maximum Gasteiger partial charge on any atom is 0.237 e. The minimum atomic E-state index is -0.0853. The van der Waals surface area contributed by atoms with E-state index in [0.29, 0.717) is 36.4 Å². The normalized spacial score (nSPS) is 31.4. The number of rotatable bonds is 5. The van der Waals surface area contributed by atoms with E-state index in [-0.39, 0.29) is 36.8 Å². The second kappa shape index (κ2) is 9.77. The molecule has 4 fully saturated rings. The van der Waals surface area contributed by atoms with Gasteiger partial charge in [-0.3, -0.25) is 14.5 Å². The maximum atomic E-state index is 12.7. The second-order valence-corrected chi connectivity index (χ2v) is 8.56. The number of piperidine rings is 1. The van der Waals surface area contributed by atoms with Crippen LogP contribution in [0.3, 0.4) is 0 Å². The van der Waals surface area contributed by atoms with Gasteiger partial charge in [-0.15, -0.1) is 24.8 Å². The quantitative estimate of drug-likeness (QED) is 0.708. The van der Waals surface area contributed by atoms with Crippen LogP contribution < -0.4 is 10.6 Å². The van der Waals surface area contributed by atoms with Gasteiger partial charge in [0.05, 0.1) is 6.04 Å². The van der Waals surface area contributed by atoms with E-state index in [1.807, 2.05) is 11.8 Å². The number of amides is 2. The van der Waals surface area contributed by atoms with Crippen molar-refractivity contribution >= 4 is 36.6 Å². The summed E-state index contributed by atoms with van der Waals surface area (Å²) in [5, 5.41) is 6.74. The first-order chi connectivity index (χ1) is 12.1. The molecule has 3 aliphatic heterocycles. The molecule has 3 unspecified atom stereocenters. The summed E-state index contributed by atoms with van der Waals surface area (Å²) in [6, 6.07) is 1.63. The molecule has 0 aromatic rings. The highest BCUT2D eigenvalue weighted by Gasteiger charge is 2.36. The van der Waals surface area contributed by atoms with Crippen LogP contribution in [0.2, 0.25) is 0 Å². The molecule has 0 aromatic heterocycles. The summed E-state index contributed by atoms with van der Waals surface area (Å²) in [5.74, 6) is 1.03. The van der Waals surface area contributed by atoms with Gasteiger partial charge in [0, 0.05) is 50.7 Å². The first kappa shape index (κ1) is 22.7. The van der Waals surface area contributed by atoms with Gasteiger partial charge in [0.25, 0.3) is 0 Å². The topological polar surface area (TPSA) is 64.7 Å². The molecule has 3 atom stereocenters. The maximum absolute atomic E-state index is 12.7. The van der Waals surface area contributed by atoms with E-state index < -0.39 is 0 Å². The van der Waals surface area contributed by atoms with E-state index in [1.165, 1.54) is 25.7 Å². The number of hydrogen-bond acceptors (Lipinski definition) is 4. The molecule has 0 radical (unpaired) electrons. The van der Waals surface area contributed by atoms with Crippen LogP contribution in [0.25, 0.3) is 0 Å². The van der Waals surface area contributed by atoms with Gasteiger partial charge in [0.15, 0.2) is 0 Å². The van der Waals surface area contributed by atoms with Gasteiger partial charge in [-0.1, -0.05) is 0 Å². The highest BCUT2D eigenvalue weighted by atomic mass is 35.5. The molecule has 3 saturated heterocycles. The Morgan fingerprint density at radius 3 is 2.15 bits per heavy atom. The number of carbonyl (C=O) groups is 2. The van der Waals surface area contributed by atoms with E-state index >= 15 is 0 Å². The number of carbonyl (C=O) groups excluding carboxylic acids is 2. The highest BCUT2D eigenvalue weighted by molar-refractivity contribution is 5.85. The molecule has 0 aromatic carbocycles. The van der Waals surface area contributed by atoms with Crippen molar-refractivity contribution in [3.63, 3.8) is 0 Å². The van der Waals surface area contributed by atoms with Crippen molar-refractivity contribution in [2.75, 3.05) is 26.2 Å². The van der Waals surface area contributed by atoms with Gasteiger partial charge >= 0.3 is 0 Å². The lowest BCUT2D eigenvalue weighted by Gasteiger charge is -2.38. The summed E-state index contributed by atoms with van der Waals surface area (Å²) >= 11 is 0. The first-order valence-electron chi connectivity index (χ1n) is 10.2. The van der Waals surface area contributed by atoms with E-state index in [4.69, 9.17) is 0 Å². The molecule has 1 saturated carbocycles. The van der Waals surface area contributed by atoms with Crippen molar-refractivity contribution in [1.82, 2.24) is 20.4 Å². The summed E-state index contributed by atoms with van der Waals surface area (Å²) in [6.07, 6.45) is 7.87. The molecule has 3 heterocycles. The van der Waals surface area contributed by atoms with Gasteiger partial charge < -0.3 is 15.5 Å². The first-order valence-corrected chi connectivity index (χ1v) is 10.2. The Bertz CT molecular complexity index is 512. The molecule has 27 heavy (non-hydrogen) atoms. The standard InChI is InChI=1S/C19H32N4O2.2ClH/c1-13(19(25)21-15-2-3-15)22-6-8-23(9-7-22)18(24)12-14-10-16-4-5-17(11-14)20-16;;/h13-17,20H,2-12H2,1H3,(H,21,25);2*1H. The van der Waals surface area contributed by atoms with E-state index in [0.717, 1.165) is 39.0 Å². The van der Waals surface area contributed by atoms with E-state index in [2.05, 4.69) is 15.5 Å². The van der Waals surface area contributed by atoms with E-state index in [1.54, 1.807) is 0 Å². The molecular weight excluding hydrogens is 387 g/mol.